The van der Waals surface area contributed by atoms with E-state index in [4.69, 9.17) is 14.2 Å². The molecular weight excluding hydrogens is 494 g/mol. The van der Waals surface area contributed by atoms with Crippen LogP contribution in [0, 0.1) is 0 Å². The van der Waals surface area contributed by atoms with Crippen LogP contribution in [0.4, 0.5) is 16.2 Å². The molecule has 0 aliphatic heterocycles. The monoisotopic (exact) mass is 525 g/mol. The highest BCUT2D eigenvalue weighted by molar-refractivity contribution is 6.02. The normalized spacial score (nSPS) is 10.3. The van der Waals surface area contributed by atoms with E-state index >= 15 is 0 Å². The number of ether oxygens (including phenoxy) is 3. The maximum atomic E-state index is 13.4. The Kier molecular flexibility index (Phi) is 9.39. The molecule has 4 aromatic carbocycles. The molecule has 200 valence electrons. The summed E-state index contributed by atoms with van der Waals surface area (Å²) in [7, 11) is 3.11. The average Bonchev–Trinajstić information content (AvgIpc) is 2.98. The van der Waals surface area contributed by atoms with E-state index in [0.717, 1.165) is 5.75 Å². The van der Waals surface area contributed by atoms with Crippen molar-refractivity contribution in [1.29, 1.82) is 0 Å². The summed E-state index contributed by atoms with van der Waals surface area (Å²) in [6.45, 7) is 0.738. The summed E-state index contributed by atoms with van der Waals surface area (Å²) in [4.78, 5) is 27.6. The number of carbonyl (C=O) groups is 2. The summed E-state index contributed by atoms with van der Waals surface area (Å²) in [5.74, 6) is 2.34. The summed E-state index contributed by atoms with van der Waals surface area (Å²) in [6.07, 6.45) is 0.525. The Morgan fingerprint density at radius 2 is 1.44 bits per heavy atom. The molecule has 0 spiro atoms. The second-order valence-electron chi connectivity index (χ2n) is 8.53. The number of nitrogens with zero attached hydrogens (tertiary/aromatic N) is 1. The fourth-order valence-electron chi connectivity index (χ4n) is 3.90. The van der Waals surface area contributed by atoms with Gasteiger partial charge in [0.05, 0.1) is 19.9 Å². The van der Waals surface area contributed by atoms with Crippen LogP contribution in [-0.2, 0) is 0 Å². The zero-order chi connectivity index (χ0) is 27.5. The van der Waals surface area contributed by atoms with Crippen molar-refractivity contribution < 1.29 is 23.8 Å². The first-order valence-electron chi connectivity index (χ1n) is 12.5. The number of hydrogen-bond acceptors (Lipinski definition) is 5. The summed E-state index contributed by atoms with van der Waals surface area (Å²) in [5.41, 5.74) is 1.75. The van der Waals surface area contributed by atoms with E-state index in [1.165, 1.54) is 0 Å². The molecule has 0 radical (unpaired) electrons. The van der Waals surface area contributed by atoms with Crippen LogP contribution in [0.5, 0.6) is 23.0 Å². The zero-order valence-corrected chi connectivity index (χ0v) is 21.9. The van der Waals surface area contributed by atoms with Crippen LogP contribution in [0.3, 0.4) is 0 Å². The van der Waals surface area contributed by atoms with Gasteiger partial charge in [0.25, 0.3) is 5.91 Å². The highest BCUT2D eigenvalue weighted by atomic mass is 16.5. The molecule has 0 bridgehead atoms. The van der Waals surface area contributed by atoms with Gasteiger partial charge in [-0.1, -0.05) is 36.4 Å². The third-order valence-corrected chi connectivity index (χ3v) is 5.90. The van der Waals surface area contributed by atoms with Gasteiger partial charge in [-0.25, -0.2) is 4.79 Å². The van der Waals surface area contributed by atoms with Crippen LogP contribution in [-0.4, -0.2) is 39.2 Å². The number of urea groups is 1. The van der Waals surface area contributed by atoms with Gasteiger partial charge in [-0.3, -0.25) is 9.69 Å². The Labute approximate surface area is 228 Å². The number of nitrogens with one attached hydrogen (secondary N) is 2. The lowest BCUT2D eigenvalue weighted by atomic mass is 10.2. The number of carbonyl (C=O) groups excluding carboxylic acids is 2. The van der Waals surface area contributed by atoms with E-state index in [1.54, 1.807) is 55.5 Å². The van der Waals surface area contributed by atoms with Crippen LogP contribution >= 0.6 is 0 Å². The number of anilines is 2. The molecule has 0 fully saturated rings. The largest absolute Gasteiger partial charge is 0.497 e. The van der Waals surface area contributed by atoms with E-state index in [-0.39, 0.29) is 11.9 Å². The number of para-hydroxylation sites is 3. The van der Waals surface area contributed by atoms with Crippen LogP contribution in [0.15, 0.2) is 103 Å². The maximum absolute atomic E-state index is 13.4. The summed E-state index contributed by atoms with van der Waals surface area (Å²) < 4.78 is 16.5. The lowest BCUT2D eigenvalue weighted by Crippen LogP contribution is -2.37. The number of methoxy groups -OCH3 is 2. The van der Waals surface area contributed by atoms with Gasteiger partial charge in [0.2, 0.25) is 0 Å². The molecule has 8 heteroatoms. The van der Waals surface area contributed by atoms with Gasteiger partial charge in [0, 0.05) is 24.3 Å². The third-order valence-electron chi connectivity index (χ3n) is 5.90. The number of hydrogen-bond donors (Lipinski definition) is 2. The lowest BCUT2D eigenvalue weighted by molar-refractivity contribution is 0.0953. The Morgan fingerprint density at radius 3 is 2.18 bits per heavy atom. The molecule has 0 heterocycles. The topological polar surface area (TPSA) is 89.1 Å². The van der Waals surface area contributed by atoms with Crippen molar-refractivity contribution in [3.05, 3.63) is 109 Å². The van der Waals surface area contributed by atoms with Crippen molar-refractivity contribution in [1.82, 2.24) is 5.32 Å². The molecule has 4 rings (SSSR count). The van der Waals surface area contributed by atoms with Gasteiger partial charge in [-0.2, -0.15) is 0 Å². The summed E-state index contributed by atoms with van der Waals surface area (Å²) >= 11 is 0. The highest BCUT2D eigenvalue weighted by Crippen LogP contribution is 2.27. The van der Waals surface area contributed by atoms with E-state index in [0.29, 0.717) is 53.7 Å². The van der Waals surface area contributed by atoms with Crippen LogP contribution < -0.4 is 29.7 Å². The third kappa shape index (κ3) is 7.52. The Morgan fingerprint density at radius 1 is 0.744 bits per heavy atom. The SMILES string of the molecule is COc1cccc(C(=O)NCCCN(C(=O)Nc2ccccc2OC)c2ccc(Oc3ccccc3)cc2)c1. The van der Waals surface area contributed by atoms with E-state index < -0.39 is 0 Å². The standard InChI is InChI=1S/C31H31N3O5/c1-37-27-13-8-10-23(22-27)30(35)32-20-9-21-34(31(36)33-28-14-6-7-15-29(28)38-2)24-16-18-26(19-17-24)39-25-11-4-3-5-12-25/h3-8,10-19,22H,9,20-21H2,1-2H3,(H,32,35)(H,33,36). The molecule has 0 aliphatic rings. The number of rotatable bonds is 11. The van der Waals surface area contributed by atoms with Gasteiger partial charge in [0.15, 0.2) is 0 Å². The minimum absolute atomic E-state index is 0.207. The van der Waals surface area contributed by atoms with Crippen molar-refractivity contribution >= 4 is 23.3 Å². The van der Waals surface area contributed by atoms with Crippen molar-refractivity contribution in [2.45, 2.75) is 6.42 Å². The molecule has 0 saturated carbocycles. The van der Waals surface area contributed by atoms with Gasteiger partial charge in [0.1, 0.15) is 23.0 Å². The van der Waals surface area contributed by atoms with Crippen molar-refractivity contribution in [3.8, 4) is 23.0 Å². The van der Waals surface area contributed by atoms with Gasteiger partial charge in [-0.05, 0) is 73.2 Å². The molecule has 3 amide bonds. The molecule has 0 aromatic heterocycles. The first-order valence-corrected chi connectivity index (χ1v) is 12.5. The quantitative estimate of drug-likeness (QED) is 0.223. The van der Waals surface area contributed by atoms with Crippen molar-refractivity contribution in [3.63, 3.8) is 0 Å². The van der Waals surface area contributed by atoms with Gasteiger partial charge >= 0.3 is 6.03 Å². The minimum atomic E-state index is -0.324. The van der Waals surface area contributed by atoms with Crippen LogP contribution in [0.2, 0.25) is 0 Å². The van der Waals surface area contributed by atoms with E-state index in [2.05, 4.69) is 10.6 Å². The average molecular weight is 526 g/mol. The van der Waals surface area contributed by atoms with Crippen LogP contribution in [0.1, 0.15) is 16.8 Å². The van der Waals surface area contributed by atoms with E-state index in [1.807, 2.05) is 66.7 Å². The first-order chi connectivity index (χ1) is 19.1. The van der Waals surface area contributed by atoms with E-state index in [9.17, 15) is 9.59 Å². The smallest absolute Gasteiger partial charge is 0.326 e. The minimum Gasteiger partial charge on any atom is -0.497 e. The fraction of sp³-hybridized carbons (Fsp3) is 0.161. The molecule has 8 nitrogen and oxygen atoms in total. The molecule has 4 aromatic rings. The summed E-state index contributed by atoms with van der Waals surface area (Å²) in [6, 6.07) is 30.6. The lowest BCUT2D eigenvalue weighted by Gasteiger charge is -2.24. The molecule has 39 heavy (non-hydrogen) atoms. The first kappa shape index (κ1) is 27.1. The molecule has 2 N–H and O–H groups in total. The van der Waals surface area contributed by atoms with Gasteiger partial charge in [-0.15, -0.1) is 0 Å². The molecule has 0 saturated heterocycles. The zero-order valence-electron chi connectivity index (χ0n) is 21.9. The predicted molar refractivity (Wildman–Crippen MR) is 152 cm³/mol. The second-order valence-corrected chi connectivity index (χ2v) is 8.53. The molecular formula is C31H31N3O5. The fourth-order valence-corrected chi connectivity index (χ4v) is 3.90. The van der Waals surface area contributed by atoms with Gasteiger partial charge < -0.3 is 24.8 Å². The molecule has 0 unspecified atom stereocenters. The molecule has 0 aliphatic carbocycles. The number of amides is 3. The van der Waals surface area contributed by atoms with Crippen molar-refractivity contribution in [2.24, 2.45) is 0 Å². The Balaban J connectivity index is 1.44. The predicted octanol–water partition coefficient (Wildman–Crippen LogP) is 6.35. The Bertz CT molecular complexity index is 1380. The summed E-state index contributed by atoms with van der Waals surface area (Å²) in [5, 5.41) is 5.84. The second kappa shape index (κ2) is 13.5. The van der Waals surface area contributed by atoms with Crippen LogP contribution in [0.25, 0.3) is 0 Å². The Hall–Kier alpha value is -4.98. The van der Waals surface area contributed by atoms with Crippen molar-refractivity contribution in [2.75, 3.05) is 37.5 Å². The molecule has 0 atom stereocenters. The number of benzene rings is 4. The highest BCUT2D eigenvalue weighted by Gasteiger charge is 2.18. The maximum Gasteiger partial charge on any atom is 0.326 e.